The summed E-state index contributed by atoms with van der Waals surface area (Å²) in [5.41, 5.74) is 0. The third kappa shape index (κ3) is 4.41. The lowest BCUT2D eigenvalue weighted by atomic mass is 10.1. The Morgan fingerprint density at radius 3 is 2.43 bits per heavy atom. The Kier molecular flexibility index (Phi) is 6.60. The van der Waals surface area contributed by atoms with Gasteiger partial charge in [0.15, 0.2) is 0 Å². The van der Waals surface area contributed by atoms with Crippen LogP contribution in [0, 0.1) is 5.92 Å². The first-order chi connectivity index (χ1) is 9.84. The smallest absolute Gasteiger partial charge is 0.310 e. The van der Waals surface area contributed by atoms with Crippen LogP contribution in [-0.4, -0.2) is 57.7 Å². The van der Waals surface area contributed by atoms with Crippen LogP contribution in [0.5, 0.6) is 0 Å². The van der Waals surface area contributed by atoms with Crippen LogP contribution in [-0.2, 0) is 29.1 Å². The van der Waals surface area contributed by atoms with Gasteiger partial charge in [0.1, 0.15) is 0 Å². The maximum Gasteiger partial charge on any atom is 0.310 e. The van der Waals surface area contributed by atoms with Crippen LogP contribution in [0.15, 0.2) is 0 Å². The summed E-state index contributed by atoms with van der Waals surface area (Å²) >= 11 is 0. The van der Waals surface area contributed by atoms with Crippen LogP contribution in [0.2, 0.25) is 0 Å². The minimum Gasteiger partial charge on any atom is -0.469 e. The van der Waals surface area contributed by atoms with Gasteiger partial charge in [-0.2, -0.15) is 0 Å². The molecule has 0 saturated heterocycles. The summed E-state index contributed by atoms with van der Waals surface area (Å²) in [7, 11) is 0.466. The van der Waals surface area contributed by atoms with Crippen molar-refractivity contribution in [1.29, 1.82) is 0 Å². The molecule has 8 heteroatoms. The molecular weight excluding hydrogens is 298 g/mol. The predicted molar refractivity (Wildman–Crippen MR) is 75.9 cm³/mol. The van der Waals surface area contributed by atoms with Crippen LogP contribution in [0.1, 0.15) is 32.1 Å². The molecule has 2 unspecified atom stereocenters. The number of carbonyl (C=O) groups excluding carboxylic acids is 2. The van der Waals surface area contributed by atoms with Gasteiger partial charge in [-0.15, -0.1) is 0 Å². The van der Waals surface area contributed by atoms with Gasteiger partial charge in [-0.25, -0.2) is 12.7 Å². The third-order valence-corrected chi connectivity index (χ3v) is 6.24. The van der Waals surface area contributed by atoms with E-state index in [1.807, 2.05) is 0 Å². The monoisotopic (exact) mass is 321 g/mol. The van der Waals surface area contributed by atoms with Crippen molar-refractivity contribution in [2.75, 3.05) is 27.8 Å². The molecule has 0 aliphatic heterocycles. The lowest BCUT2D eigenvalue weighted by Gasteiger charge is -2.24. The van der Waals surface area contributed by atoms with E-state index in [0.29, 0.717) is 25.7 Å². The average molecular weight is 321 g/mol. The Hall–Kier alpha value is -1.15. The third-order valence-electron chi connectivity index (χ3n) is 3.86. The molecule has 0 aromatic heterocycles. The molecule has 1 saturated carbocycles. The Morgan fingerprint density at radius 1 is 1.19 bits per heavy atom. The van der Waals surface area contributed by atoms with E-state index in [1.165, 1.54) is 25.6 Å². The summed E-state index contributed by atoms with van der Waals surface area (Å²) in [6.07, 6.45) is 2.25. The standard InChI is InChI=1S/C13H23NO6S/c1-14(9-5-8-12(15)19-2)21(17,18)11-7-4-6-10(11)13(16)20-3/h10-11H,4-9H2,1-3H3. The van der Waals surface area contributed by atoms with Crippen LogP contribution >= 0.6 is 0 Å². The topological polar surface area (TPSA) is 90.0 Å². The number of rotatable bonds is 7. The Morgan fingerprint density at radius 2 is 1.86 bits per heavy atom. The summed E-state index contributed by atoms with van der Waals surface area (Å²) in [5.74, 6) is -1.43. The number of hydrogen-bond donors (Lipinski definition) is 0. The van der Waals surface area contributed by atoms with Crippen molar-refractivity contribution in [2.24, 2.45) is 5.92 Å². The molecule has 122 valence electrons. The van der Waals surface area contributed by atoms with Crippen LogP contribution < -0.4 is 0 Å². The van der Waals surface area contributed by atoms with Crippen molar-refractivity contribution in [2.45, 2.75) is 37.4 Å². The van der Waals surface area contributed by atoms with Crippen LogP contribution in [0.3, 0.4) is 0 Å². The molecule has 0 bridgehead atoms. The largest absolute Gasteiger partial charge is 0.469 e. The maximum atomic E-state index is 12.5. The van der Waals surface area contributed by atoms with Crippen molar-refractivity contribution < 1.29 is 27.5 Å². The van der Waals surface area contributed by atoms with Gasteiger partial charge in [0.25, 0.3) is 0 Å². The molecule has 0 heterocycles. The Labute approximate surface area is 125 Å². The molecule has 1 rings (SSSR count). The lowest BCUT2D eigenvalue weighted by Crippen LogP contribution is -2.41. The molecule has 2 atom stereocenters. The Balaban J connectivity index is 2.66. The fraction of sp³-hybridized carbons (Fsp3) is 0.846. The summed E-state index contributed by atoms with van der Waals surface area (Å²) in [6, 6.07) is 0. The number of ether oxygens (including phenoxy) is 2. The summed E-state index contributed by atoms with van der Waals surface area (Å²) in [6.45, 7) is 0.224. The van der Waals surface area contributed by atoms with E-state index in [1.54, 1.807) is 0 Å². The van der Waals surface area contributed by atoms with E-state index in [0.717, 1.165) is 0 Å². The summed E-state index contributed by atoms with van der Waals surface area (Å²) in [5, 5.41) is -0.729. The summed E-state index contributed by atoms with van der Waals surface area (Å²) in [4.78, 5) is 22.7. The fourth-order valence-corrected chi connectivity index (χ4v) is 4.58. The fourth-order valence-electron chi connectivity index (χ4n) is 2.61. The van der Waals surface area contributed by atoms with Crippen LogP contribution in [0.25, 0.3) is 0 Å². The number of sulfonamides is 1. The second kappa shape index (κ2) is 7.74. The van der Waals surface area contributed by atoms with Gasteiger partial charge in [-0.05, 0) is 19.3 Å². The molecule has 0 aromatic rings. The van der Waals surface area contributed by atoms with E-state index < -0.39 is 27.2 Å². The molecule has 0 amide bonds. The molecule has 0 aromatic carbocycles. The van der Waals surface area contributed by atoms with E-state index >= 15 is 0 Å². The molecular formula is C13H23NO6S. The number of carbonyl (C=O) groups is 2. The molecule has 0 radical (unpaired) electrons. The Bertz CT molecular complexity index is 475. The number of esters is 2. The van der Waals surface area contributed by atoms with Gasteiger partial charge in [0, 0.05) is 20.0 Å². The number of hydrogen-bond acceptors (Lipinski definition) is 6. The molecule has 0 spiro atoms. The van der Waals surface area contributed by atoms with E-state index in [-0.39, 0.29) is 18.9 Å². The zero-order chi connectivity index (χ0) is 16.0. The second-order valence-electron chi connectivity index (χ2n) is 5.15. The molecule has 1 aliphatic rings. The van der Waals surface area contributed by atoms with E-state index in [2.05, 4.69) is 9.47 Å². The molecule has 1 fully saturated rings. The molecule has 1 aliphatic carbocycles. The number of nitrogens with zero attached hydrogens (tertiary/aromatic N) is 1. The second-order valence-corrected chi connectivity index (χ2v) is 7.40. The minimum atomic E-state index is -3.57. The first-order valence-electron chi connectivity index (χ1n) is 6.94. The highest BCUT2D eigenvalue weighted by molar-refractivity contribution is 7.89. The van der Waals surface area contributed by atoms with Gasteiger partial charge >= 0.3 is 11.9 Å². The van der Waals surface area contributed by atoms with E-state index in [4.69, 9.17) is 0 Å². The quantitative estimate of drug-likeness (QED) is 0.636. The zero-order valence-corrected chi connectivity index (χ0v) is 13.5. The maximum absolute atomic E-state index is 12.5. The van der Waals surface area contributed by atoms with Gasteiger partial charge in [0.2, 0.25) is 10.0 Å². The highest BCUT2D eigenvalue weighted by atomic mass is 32.2. The zero-order valence-electron chi connectivity index (χ0n) is 12.7. The van der Waals surface area contributed by atoms with Gasteiger partial charge in [-0.1, -0.05) is 6.42 Å². The van der Waals surface area contributed by atoms with Crippen molar-refractivity contribution in [3.05, 3.63) is 0 Å². The normalized spacial score (nSPS) is 22.3. The van der Waals surface area contributed by atoms with Crippen molar-refractivity contribution in [1.82, 2.24) is 4.31 Å². The van der Waals surface area contributed by atoms with Crippen molar-refractivity contribution in [3.63, 3.8) is 0 Å². The highest BCUT2D eigenvalue weighted by Crippen LogP contribution is 2.33. The molecule has 0 N–H and O–H groups in total. The van der Waals surface area contributed by atoms with Gasteiger partial charge in [-0.3, -0.25) is 9.59 Å². The lowest BCUT2D eigenvalue weighted by molar-refractivity contribution is -0.145. The molecule has 7 nitrogen and oxygen atoms in total. The van der Waals surface area contributed by atoms with E-state index in [9.17, 15) is 18.0 Å². The molecule has 21 heavy (non-hydrogen) atoms. The van der Waals surface area contributed by atoms with Crippen LogP contribution in [0.4, 0.5) is 0 Å². The number of methoxy groups -OCH3 is 2. The summed E-state index contributed by atoms with van der Waals surface area (Å²) < 4.78 is 35.4. The highest BCUT2D eigenvalue weighted by Gasteiger charge is 2.43. The predicted octanol–water partition coefficient (Wildman–Crippen LogP) is 0.543. The average Bonchev–Trinajstić information content (AvgIpc) is 2.96. The first-order valence-corrected chi connectivity index (χ1v) is 8.44. The SMILES string of the molecule is COC(=O)CCCN(C)S(=O)(=O)C1CCCC1C(=O)OC. The minimum absolute atomic E-state index is 0.168. The van der Waals surface area contributed by atoms with Gasteiger partial charge < -0.3 is 9.47 Å². The van der Waals surface area contributed by atoms with Crippen molar-refractivity contribution in [3.8, 4) is 0 Å². The van der Waals surface area contributed by atoms with Crippen molar-refractivity contribution >= 4 is 22.0 Å². The first kappa shape index (κ1) is 17.9. The van der Waals surface area contributed by atoms with Gasteiger partial charge in [0.05, 0.1) is 25.4 Å².